The molecule has 0 aromatic carbocycles. The molecule has 3 rings (SSSR count). The molecule has 2 heteroatoms. The first-order chi connectivity index (χ1) is 9.67. The minimum Gasteiger partial charge on any atom is -0.310 e. The lowest BCUT2D eigenvalue weighted by Crippen LogP contribution is -2.53. The van der Waals surface area contributed by atoms with Gasteiger partial charge in [-0.2, -0.15) is 0 Å². The molecule has 0 aromatic heterocycles. The van der Waals surface area contributed by atoms with Crippen LogP contribution in [0.25, 0.3) is 0 Å². The summed E-state index contributed by atoms with van der Waals surface area (Å²) in [5.74, 6) is 3.14. The van der Waals surface area contributed by atoms with E-state index in [1.54, 1.807) is 6.42 Å². The summed E-state index contributed by atoms with van der Waals surface area (Å²) < 4.78 is 0. The van der Waals surface area contributed by atoms with E-state index in [2.05, 4.69) is 31.0 Å². The van der Waals surface area contributed by atoms with E-state index in [9.17, 15) is 0 Å². The molecule has 2 bridgehead atoms. The van der Waals surface area contributed by atoms with Crippen LogP contribution in [0.2, 0.25) is 0 Å². The van der Waals surface area contributed by atoms with Crippen LogP contribution in [0.1, 0.15) is 65.7 Å². The van der Waals surface area contributed by atoms with Crippen LogP contribution in [0.3, 0.4) is 0 Å². The molecule has 1 saturated heterocycles. The number of nitrogens with one attached hydrogen (secondary N) is 1. The van der Waals surface area contributed by atoms with Gasteiger partial charge in [0, 0.05) is 18.1 Å². The van der Waals surface area contributed by atoms with Gasteiger partial charge in [-0.3, -0.25) is 4.90 Å². The van der Waals surface area contributed by atoms with E-state index in [0.717, 1.165) is 23.8 Å². The van der Waals surface area contributed by atoms with Gasteiger partial charge in [0.15, 0.2) is 0 Å². The van der Waals surface area contributed by atoms with Crippen LogP contribution >= 0.6 is 0 Å². The third-order valence-corrected chi connectivity index (χ3v) is 6.97. The Bertz CT molecular complexity index is 323. The Morgan fingerprint density at radius 3 is 2.60 bits per heavy atom. The molecule has 2 saturated carbocycles. The molecule has 0 radical (unpaired) electrons. The fraction of sp³-hybridized carbons (Fsp3) is 1.00. The lowest BCUT2D eigenvalue weighted by molar-refractivity contribution is 0.0949. The number of fused-ring (bicyclic) bond motifs is 2. The Morgan fingerprint density at radius 2 is 2.00 bits per heavy atom. The SMILES string of the molecule is CCC1(CC)CN(C(C)C2CC3CCC2C3)CCCN1. The summed E-state index contributed by atoms with van der Waals surface area (Å²) in [7, 11) is 0. The van der Waals surface area contributed by atoms with Crippen molar-refractivity contribution in [1.82, 2.24) is 10.2 Å². The molecule has 2 aliphatic carbocycles. The normalized spacial score (nSPS) is 38.9. The Morgan fingerprint density at radius 1 is 1.20 bits per heavy atom. The van der Waals surface area contributed by atoms with Gasteiger partial charge in [-0.05, 0) is 76.3 Å². The second-order valence-corrected chi connectivity index (χ2v) is 7.82. The molecular weight excluding hydrogens is 244 g/mol. The fourth-order valence-electron chi connectivity index (χ4n) is 5.39. The molecule has 116 valence electrons. The van der Waals surface area contributed by atoms with E-state index < -0.39 is 0 Å². The van der Waals surface area contributed by atoms with E-state index in [4.69, 9.17) is 0 Å². The molecule has 1 N–H and O–H groups in total. The lowest BCUT2D eigenvalue weighted by Gasteiger charge is -2.41. The molecule has 4 unspecified atom stereocenters. The largest absolute Gasteiger partial charge is 0.310 e. The molecule has 0 spiro atoms. The summed E-state index contributed by atoms with van der Waals surface area (Å²) in [5.41, 5.74) is 0.377. The zero-order chi connectivity index (χ0) is 14.2. The van der Waals surface area contributed by atoms with E-state index in [1.807, 2.05) is 0 Å². The average molecular weight is 278 g/mol. The van der Waals surface area contributed by atoms with Crippen LogP contribution in [0.4, 0.5) is 0 Å². The van der Waals surface area contributed by atoms with Gasteiger partial charge in [0.05, 0.1) is 0 Å². The van der Waals surface area contributed by atoms with Gasteiger partial charge >= 0.3 is 0 Å². The second-order valence-electron chi connectivity index (χ2n) is 7.82. The van der Waals surface area contributed by atoms with Crippen molar-refractivity contribution in [3.05, 3.63) is 0 Å². The number of nitrogens with zero attached hydrogens (tertiary/aromatic N) is 1. The first-order valence-electron chi connectivity index (χ1n) is 9.16. The van der Waals surface area contributed by atoms with E-state index >= 15 is 0 Å². The van der Waals surface area contributed by atoms with Crippen molar-refractivity contribution in [3.63, 3.8) is 0 Å². The molecule has 0 amide bonds. The molecule has 3 aliphatic rings. The van der Waals surface area contributed by atoms with E-state index in [1.165, 1.54) is 58.2 Å². The van der Waals surface area contributed by atoms with E-state index in [0.29, 0.717) is 5.54 Å². The van der Waals surface area contributed by atoms with Crippen LogP contribution in [-0.2, 0) is 0 Å². The molecule has 0 aromatic rings. The second kappa shape index (κ2) is 5.96. The smallest absolute Gasteiger partial charge is 0.0303 e. The summed E-state index contributed by atoms with van der Waals surface area (Å²) in [6, 6.07) is 0.808. The zero-order valence-electron chi connectivity index (χ0n) is 13.8. The van der Waals surface area contributed by atoms with Gasteiger partial charge < -0.3 is 5.32 Å². The Hall–Kier alpha value is -0.0800. The van der Waals surface area contributed by atoms with Crippen molar-refractivity contribution in [2.24, 2.45) is 17.8 Å². The standard InChI is InChI=1S/C18H34N2/c1-4-18(5-2)13-20(10-6-9-19-18)14(3)17-12-15-7-8-16(17)11-15/h14-17,19H,4-13H2,1-3H3. The van der Waals surface area contributed by atoms with Crippen LogP contribution in [0.15, 0.2) is 0 Å². The lowest BCUT2D eigenvalue weighted by atomic mass is 9.82. The van der Waals surface area contributed by atoms with Crippen molar-refractivity contribution in [2.75, 3.05) is 19.6 Å². The van der Waals surface area contributed by atoms with Crippen molar-refractivity contribution >= 4 is 0 Å². The Labute approximate surface area is 125 Å². The number of hydrogen-bond acceptors (Lipinski definition) is 2. The Balaban J connectivity index is 1.68. The molecule has 20 heavy (non-hydrogen) atoms. The van der Waals surface area contributed by atoms with Crippen LogP contribution in [0.5, 0.6) is 0 Å². The molecular formula is C18H34N2. The Kier molecular flexibility index (Phi) is 4.42. The van der Waals surface area contributed by atoms with Crippen molar-refractivity contribution in [2.45, 2.75) is 77.3 Å². The maximum absolute atomic E-state index is 3.86. The maximum Gasteiger partial charge on any atom is 0.0303 e. The highest BCUT2D eigenvalue weighted by atomic mass is 15.2. The zero-order valence-corrected chi connectivity index (χ0v) is 13.8. The first kappa shape index (κ1) is 14.8. The molecule has 4 atom stereocenters. The molecule has 1 heterocycles. The van der Waals surface area contributed by atoms with Gasteiger partial charge in [0.25, 0.3) is 0 Å². The summed E-state index contributed by atoms with van der Waals surface area (Å²) in [5, 5.41) is 3.86. The highest BCUT2D eigenvalue weighted by molar-refractivity contribution is 4.98. The van der Waals surface area contributed by atoms with Gasteiger partial charge in [-0.15, -0.1) is 0 Å². The summed E-state index contributed by atoms with van der Waals surface area (Å²) in [4.78, 5) is 2.85. The van der Waals surface area contributed by atoms with Gasteiger partial charge in [-0.1, -0.05) is 20.3 Å². The highest BCUT2D eigenvalue weighted by Crippen LogP contribution is 2.50. The molecule has 3 fully saturated rings. The topological polar surface area (TPSA) is 15.3 Å². The van der Waals surface area contributed by atoms with Crippen LogP contribution in [-0.4, -0.2) is 36.1 Å². The van der Waals surface area contributed by atoms with Crippen LogP contribution in [0, 0.1) is 17.8 Å². The molecule has 1 aliphatic heterocycles. The van der Waals surface area contributed by atoms with Crippen molar-refractivity contribution in [1.29, 1.82) is 0 Å². The quantitative estimate of drug-likeness (QED) is 0.844. The van der Waals surface area contributed by atoms with Crippen LogP contribution < -0.4 is 5.32 Å². The minimum atomic E-state index is 0.377. The van der Waals surface area contributed by atoms with Gasteiger partial charge in [-0.25, -0.2) is 0 Å². The predicted octanol–water partition coefficient (Wildman–Crippen LogP) is 3.67. The van der Waals surface area contributed by atoms with Gasteiger partial charge in [0.2, 0.25) is 0 Å². The van der Waals surface area contributed by atoms with Gasteiger partial charge in [0.1, 0.15) is 0 Å². The third kappa shape index (κ3) is 2.66. The number of rotatable bonds is 4. The predicted molar refractivity (Wildman–Crippen MR) is 85.9 cm³/mol. The average Bonchev–Trinajstić information content (AvgIpc) is 3.04. The maximum atomic E-state index is 3.86. The minimum absolute atomic E-state index is 0.377. The summed E-state index contributed by atoms with van der Waals surface area (Å²) in [6.07, 6.45) is 10.00. The first-order valence-corrected chi connectivity index (χ1v) is 9.16. The van der Waals surface area contributed by atoms with E-state index in [-0.39, 0.29) is 0 Å². The van der Waals surface area contributed by atoms with Crippen molar-refractivity contribution in [3.8, 4) is 0 Å². The highest BCUT2D eigenvalue weighted by Gasteiger charge is 2.44. The monoisotopic (exact) mass is 278 g/mol. The summed E-state index contributed by atoms with van der Waals surface area (Å²) >= 11 is 0. The molecule has 2 nitrogen and oxygen atoms in total. The third-order valence-electron chi connectivity index (χ3n) is 6.97. The summed E-state index contributed by atoms with van der Waals surface area (Å²) in [6.45, 7) is 11.1. The van der Waals surface area contributed by atoms with Crippen molar-refractivity contribution < 1.29 is 0 Å². The number of hydrogen-bond donors (Lipinski definition) is 1. The fourth-order valence-corrected chi connectivity index (χ4v) is 5.39.